The molecule has 2 atom stereocenters. The quantitative estimate of drug-likeness (QED) is 0.539. The van der Waals surface area contributed by atoms with Crippen LogP contribution in [0, 0.1) is 11.3 Å². The summed E-state index contributed by atoms with van der Waals surface area (Å²) in [6, 6.07) is 0. The maximum atomic E-state index is 11.1. The number of ether oxygens (including phenoxy) is 1. The molecule has 0 rings (SSSR count). The van der Waals surface area contributed by atoms with E-state index in [9.17, 15) is 9.59 Å². The van der Waals surface area contributed by atoms with Crippen LogP contribution in [0.15, 0.2) is 0 Å². The third-order valence-electron chi connectivity index (χ3n) is 3.92. The van der Waals surface area contributed by atoms with Gasteiger partial charge in [-0.1, -0.05) is 20.3 Å². The smallest absolute Gasteiger partial charge is 0.309 e. The summed E-state index contributed by atoms with van der Waals surface area (Å²) in [5.74, 6) is -1.82. The van der Waals surface area contributed by atoms with Crippen molar-refractivity contribution in [1.82, 2.24) is 0 Å². The van der Waals surface area contributed by atoms with Gasteiger partial charge >= 0.3 is 11.9 Å². The predicted molar refractivity (Wildman–Crippen MR) is 76.7 cm³/mol. The van der Waals surface area contributed by atoms with E-state index in [4.69, 9.17) is 14.9 Å². The van der Waals surface area contributed by atoms with Crippen molar-refractivity contribution in [2.45, 2.75) is 59.3 Å². The van der Waals surface area contributed by atoms with E-state index >= 15 is 0 Å². The first-order valence-electron chi connectivity index (χ1n) is 7.41. The first kappa shape index (κ1) is 18.9. The van der Waals surface area contributed by atoms with Gasteiger partial charge in [-0.05, 0) is 39.0 Å². The minimum Gasteiger partial charge on any atom is -0.481 e. The molecule has 2 N–H and O–H groups in total. The van der Waals surface area contributed by atoms with Gasteiger partial charge in [0.2, 0.25) is 0 Å². The van der Waals surface area contributed by atoms with Gasteiger partial charge in [-0.3, -0.25) is 9.59 Å². The molecule has 0 aromatic carbocycles. The van der Waals surface area contributed by atoms with Crippen LogP contribution in [0.4, 0.5) is 0 Å². The molecule has 0 bridgehead atoms. The molecule has 2 unspecified atom stereocenters. The van der Waals surface area contributed by atoms with Gasteiger partial charge in [-0.25, -0.2) is 0 Å². The van der Waals surface area contributed by atoms with E-state index in [0.29, 0.717) is 45.3 Å². The number of rotatable bonds is 12. The number of carboxylic acid groups (broad SMARTS) is 2. The van der Waals surface area contributed by atoms with Gasteiger partial charge in [0.1, 0.15) is 0 Å². The minimum atomic E-state index is -0.794. The van der Waals surface area contributed by atoms with Crippen molar-refractivity contribution < 1.29 is 24.5 Å². The summed E-state index contributed by atoms with van der Waals surface area (Å²) in [4.78, 5) is 22.0. The molecule has 0 aromatic heterocycles. The highest BCUT2D eigenvalue weighted by Crippen LogP contribution is 2.25. The zero-order valence-electron chi connectivity index (χ0n) is 12.9. The zero-order chi connectivity index (χ0) is 15.6. The highest BCUT2D eigenvalue weighted by Gasteiger charge is 2.30. The average Bonchev–Trinajstić information content (AvgIpc) is 2.40. The lowest BCUT2D eigenvalue weighted by Crippen LogP contribution is -2.28. The van der Waals surface area contributed by atoms with Gasteiger partial charge in [0.25, 0.3) is 0 Å². The van der Waals surface area contributed by atoms with Crippen molar-refractivity contribution in [3.63, 3.8) is 0 Å². The predicted octanol–water partition coefficient (Wildman–Crippen LogP) is 3.18. The second-order valence-corrected chi connectivity index (χ2v) is 5.55. The first-order chi connectivity index (χ1) is 9.37. The van der Waals surface area contributed by atoms with Crippen LogP contribution in [0.1, 0.15) is 59.3 Å². The van der Waals surface area contributed by atoms with E-state index in [1.807, 2.05) is 13.8 Å². The molecule has 20 heavy (non-hydrogen) atoms. The van der Waals surface area contributed by atoms with E-state index in [1.54, 1.807) is 6.92 Å². The first-order valence-corrected chi connectivity index (χ1v) is 7.41. The van der Waals surface area contributed by atoms with Crippen LogP contribution in [-0.4, -0.2) is 35.4 Å². The third kappa shape index (κ3) is 6.89. The lowest BCUT2D eigenvalue weighted by Gasteiger charge is -2.22. The van der Waals surface area contributed by atoms with Crippen molar-refractivity contribution >= 4 is 11.9 Å². The molecule has 0 aliphatic carbocycles. The number of hydrogen-bond donors (Lipinski definition) is 2. The van der Waals surface area contributed by atoms with Crippen LogP contribution in [0.5, 0.6) is 0 Å². The van der Waals surface area contributed by atoms with E-state index in [-0.39, 0.29) is 5.92 Å². The van der Waals surface area contributed by atoms with Gasteiger partial charge in [-0.15, -0.1) is 0 Å². The summed E-state index contributed by atoms with van der Waals surface area (Å²) in [5.41, 5.74) is -0.730. The van der Waals surface area contributed by atoms with Crippen LogP contribution < -0.4 is 0 Å². The van der Waals surface area contributed by atoms with Crippen molar-refractivity contribution in [2.24, 2.45) is 11.3 Å². The van der Waals surface area contributed by atoms with Gasteiger partial charge < -0.3 is 14.9 Å². The number of hydrogen-bond acceptors (Lipinski definition) is 3. The molecule has 118 valence electrons. The lowest BCUT2D eigenvalue weighted by atomic mass is 9.84. The molecular weight excluding hydrogens is 260 g/mol. The standard InChI is InChI=1S/C15H28O5/c1-4-7-12(13(16)17)8-6-10-20-11-9-15(3,5-2)14(18)19/h12H,4-11H2,1-3H3,(H,16,17)(H,18,19). The van der Waals surface area contributed by atoms with Gasteiger partial charge in [-0.2, -0.15) is 0 Å². The van der Waals surface area contributed by atoms with Crippen LogP contribution in [-0.2, 0) is 14.3 Å². The van der Waals surface area contributed by atoms with E-state index in [0.717, 1.165) is 6.42 Å². The fourth-order valence-corrected chi connectivity index (χ4v) is 2.01. The fraction of sp³-hybridized carbons (Fsp3) is 0.867. The van der Waals surface area contributed by atoms with Crippen molar-refractivity contribution in [2.75, 3.05) is 13.2 Å². The summed E-state index contributed by atoms with van der Waals surface area (Å²) in [6.07, 6.45) is 3.94. The van der Waals surface area contributed by atoms with Crippen molar-refractivity contribution in [3.05, 3.63) is 0 Å². The monoisotopic (exact) mass is 288 g/mol. The Morgan fingerprint density at radius 2 is 1.80 bits per heavy atom. The highest BCUT2D eigenvalue weighted by molar-refractivity contribution is 5.73. The molecule has 0 aliphatic rings. The average molecular weight is 288 g/mol. The highest BCUT2D eigenvalue weighted by atomic mass is 16.5. The van der Waals surface area contributed by atoms with E-state index in [1.165, 1.54) is 0 Å². The second kappa shape index (κ2) is 9.75. The van der Waals surface area contributed by atoms with E-state index < -0.39 is 17.4 Å². The van der Waals surface area contributed by atoms with Gasteiger partial charge in [0, 0.05) is 13.2 Å². The molecule has 0 fully saturated rings. The lowest BCUT2D eigenvalue weighted by molar-refractivity contribution is -0.149. The summed E-state index contributed by atoms with van der Waals surface area (Å²) in [7, 11) is 0. The Hall–Kier alpha value is -1.10. The van der Waals surface area contributed by atoms with Crippen molar-refractivity contribution in [1.29, 1.82) is 0 Å². The van der Waals surface area contributed by atoms with E-state index in [2.05, 4.69) is 0 Å². The van der Waals surface area contributed by atoms with Gasteiger partial charge in [0.05, 0.1) is 11.3 Å². The molecule has 0 radical (unpaired) electrons. The molecule has 5 heteroatoms. The summed E-state index contributed by atoms with van der Waals surface area (Å²) >= 11 is 0. The summed E-state index contributed by atoms with van der Waals surface area (Å²) in [6.45, 7) is 6.45. The topological polar surface area (TPSA) is 83.8 Å². The molecule has 0 spiro atoms. The van der Waals surface area contributed by atoms with Crippen LogP contribution >= 0.6 is 0 Å². The SMILES string of the molecule is CCCC(CCCOCCC(C)(CC)C(=O)O)C(=O)O. The Morgan fingerprint density at radius 1 is 1.15 bits per heavy atom. The van der Waals surface area contributed by atoms with Crippen LogP contribution in [0.25, 0.3) is 0 Å². The summed E-state index contributed by atoms with van der Waals surface area (Å²) in [5, 5.41) is 18.1. The molecule has 5 nitrogen and oxygen atoms in total. The molecule has 0 saturated carbocycles. The maximum absolute atomic E-state index is 11.1. The van der Waals surface area contributed by atoms with Crippen LogP contribution in [0.3, 0.4) is 0 Å². The Morgan fingerprint density at radius 3 is 2.25 bits per heavy atom. The molecule has 0 aromatic rings. The second-order valence-electron chi connectivity index (χ2n) is 5.55. The fourth-order valence-electron chi connectivity index (χ4n) is 2.01. The Bertz CT molecular complexity index is 303. The Balaban J connectivity index is 3.81. The van der Waals surface area contributed by atoms with Crippen molar-refractivity contribution in [3.8, 4) is 0 Å². The summed E-state index contributed by atoms with van der Waals surface area (Å²) < 4.78 is 5.43. The molecule has 0 amide bonds. The number of carbonyl (C=O) groups is 2. The maximum Gasteiger partial charge on any atom is 0.309 e. The normalized spacial score (nSPS) is 15.6. The largest absolute Gasteiger partial charge is 0.481 e. The Labute approximate surface area is 121 Å². The molecule has 0 saturated heterocycles. The minimum absolute atomic E-state index is 0.288. The molecular formula is C15H28O5. The van der Waals surface area contributed by atoms with Gasteiger partial charge in [0.15, 0.2) is 0 Å². The number of aliphatic carboxylic acids is 2. The molecule has 0 heterocycles. The Kier molecular flexibility index (Phi) is 9.21. The number of carboxylic acids is 2. The molecule has 0 aliphatic heterocycles. The zero-order valence-corrected chi connectivity index (χ0v) is 12.9. The third-order valence-corrected chi connectivity index (χ3v) is 3.92. The van der Waals surface area contributed by atoms with Crippen LogP contribution in [0.2, 0.25) is 0 Å².